The van der Waals surface area contributed by atoms with Gasteiger partial charge in [0.25, 0.3) is 5.91 Å². The van der Waals surface area contributed by atoms with Crippen molar-refractivity contribution >= 4 is 11.6 Å². The lowest BCUT2D eigenvalue weighted by Crippen LogP contribution is -2.28. The number of aromatic nitrogens is 2. The second kappa shape index (κ2) is 6.64. The van der Waals surface area contributed by atoms with Gasteiger partial charge in [0, 0.05) is 37.6 Å². The Labute approximate surface area is 131 Å². The lowest BCUT2D eigenvalue weighted by Gasteiger charge is -2.13. The number of carbonyl (C=O) groups excluding carboxylic acids is 1. The Hall–Kier alpha value is -2.30. The van der Waals surface area contributed by atoms with Crippen molar-refractivity contribution in [3.8, 4) is 0 Å². The molecule has 2 aromatic rings. The molecule has 1 N–H and O–H groups in total. The molecule has 5 heteroatoms. The summed E-state index contributed by atoms with van der Waals surface area (Å²) < 4.78 is 1.95. The molecule has 0 aliphatic heterocycles. The lowest BCUT2D eigenvalue weighted by atomic mass is 10.2. The monoisotopic (exact) mass is 300 g/mol. The van der Waals surface area contributed by atoms with E-state index in [1.54, 1.807) is 0 Å². The number of carbonyl (C=O) groups is 1. The Morgan fingerprint density at radius 1 is 1.27 bits per heavy atom. The van der Waals surface area contributed by atoms with E-state index in [9.17, 15) is 4.79 Å². The van der Waals surface area contributed by atoms with E-state index in [0.717, 1.165) is 17.1 Å². The van der Waals surface area contributed by atoms with Gasteiger partial charge in [0.2, 0.25) is 0 Å². The molecule has 5 nitrogen and oxygen atoms in total. The number of anilines is 1. The van der Waals surface area contributed by atoms with Crippen molar-refractivity contribution in [2.24, 2.45) is 0 Å². The minimum Gasteiger partial charge on any atom is -0.378 e. The molecule has 0 saturated heterocycles. The van der Waals surface area contributed by atoms with E-state index in [-0.39, 0.29) is 5.91 Å². The average Bonchev–Trinajstić information content (AvgIpc) is 2.74. The van der Waals surface area contributed by atoms with Crippen LogP contribution in [0.1, 0.15) is 27.3 Å². The van der Waals surface area contributed by atoms with Crippen LogP contribution in [0.2, 0.25) is 0 Å². The van der Waals surface area contributed by atoms with E-state index in [1.165, 1.54) is 5.56 Å². The standard InChI is InChI=1S/C17H24N4O/c1-12-13(2)19-21(14(12)3)10-9-18-17(22)15-7-6-8-16(11-15)20(4)5/h6-8,11H,9-10H2,1-5H3,(H,18,22). The normalized spacial score (nSPS) is 10.6. The molecule has 0 saturated carbocycles. The summed E-state index contributed by atoms with van der Waals surface area (Å²) in [5.74, 6) is -0.0537. The Morgan fingerprint density at radius 3 is 2.59 bits per heavy atom. The molecule has 0 spiro atoms. The van der Waals surface area contributed by atoms with Crippen molar-refractivity contribution in [1.82, 2.24) is 15.1 Å². The van der Waals surface area contributed by atoms with E-state index in [1.807, 2.05) is 54.9 Å². The predicted molar refractivity (Wildman–Crippen MR) is 89.5 cm³/mol. The van der Waals surface area contributed by atoms with Crippen molar-refractivity contribution in [3.63, 3.8) is 0 Å². The Morgan fingerprint density at radius 2 is 2.00 bits per heavy atom. The van der Waals surface area contributed by atoms with Crippen molar-refractivity contribution in [3.05, 3.63) is 46.8 Å². The van der Waals surface area contributed by atoms with Crippen LogP contribution in [0.4, 0.5) is 5.69 Å². The number of aryl methyl sites for hydroxylation is 1. The third kappa shape index (κ3) is 3.47. The maximum atomic E-state index is 12.2. The second-order valence-electron chi connectivity index (χ2n) is 5.72. The molecule has 0 aliphatic rings. The average molecular weight is 300 g/mol. The smallest absolute Gasteiger partial charge is 0.251 e. The minimum atomic E-state index is -0.0537. The van der Waals surface area contributed by atoms with Gasteiger partial charge >= 0.3 is 0 Å². The molecule has 0 radical (unpaired) electrons. The molecule has 1 aromatic heterocycles. The first-order valence-electron chi connectivity index (χ1n) is 7.46. The minimum absolute atomic E-state index is 0.0537. The van der Waals surface area contributed by atoms with Crippen LogP contribution in [0.3, 0.4) is 0 Å². The SMILES string of the molecule is Cc1nn(CCNC(=O)c2cccc(N(C)C)c2)c(C)c1C. The molecule has 118 valence electrons. The first-order valence-corrected chi connectivity index (χ1v) is 7.46. The first kappa shape index (κ1) is 16.1. The van der Waals surface area contributed by atoms with Gasteiger partial charge in [0.05, 0.1) is 12.2 Å². The number of benzene rings is 1. The fourth-order valence-electron chi connectivity index (χ4n) is 2.31. The van der Waals surface area contributed by atoms with Crippen molar-refractivity contribution in [2.45, 2.75) is 27.3 Å². The summed E-state index contributed by atoms with van der Waals surface area (Å²) in [6, 6.07) is 7.60. The number of hydrogen-bond donors (Lipinski definition) is 1. The third-order valence-corrected chi connectivity index (χ3v) is 3.98. The predicted octanol–water partition coefficient (Wildman–Crippen LogP) is 2.30. The number of nitrogens with one attached hydrogen (secondary N) is 1. The number of hydrogen-bond acceptors (Lipinski definition) is 3. The molecule has 0 bridgehead atoms. The zero-order valence-electron chi connectivity index (χ0n) is 14.0. The van der Waals surface area contributed by atoms with E-state index in [2.05, 4.69) is 24.3 Å². The van der Waals surface area contributed by atoms with Gasteiger partial charge in [-0.1, -0.05) is 6.07 Å². The fourth-order valence-corrected chi connectivity index (χ4v) is 2.31. The maximum Gasteiger partial charge on any atom is 0.251 e. The molecule has 1 amide bonds. The summed E-state index contributed by atoms with van der Waals surface area (Å²) in [6.45, 7) is 7.37. The van der Waals surface area contributed by atoms with Crippen LogP contribution in [0.5, 0.6) is 0 Å². The summed E-state index contributed by atoms with van der Waals surface area (Å²) in [5, 5.41) is 7.43. The van der Waals surface area contributed by atoms with E-state index in [4.69, 9.17) is 0 Å². The summed E-state index contributed by atoms with van der Waals surface area (Å²) in [5.41, 5.74) is 5.10. The second-order valence-corrected chi connectivity index (χ2v) is 5.72. The van der Waals surface area contributed by atoms with Crippen LogP contribution in [0, 0.1) is 20.8 Å². The Balaban J connectivity index is 1.95. The molecule has 0 fully saturated rings. The van der Waals surface area contributed by atoms with Crippen molar-refractivity contribution < 1.29 is 4.79 Å². The van der Waals surface area contributed by atoms with E-state index >= 15 is 0 Å². The van der Waals surface area contributed by atoms with Gasteiger partial charge in [-0.3, -0.25) is 9.48 Å². The largest absolute Gasteiger partial charge is 0.378 e. The Bertz CT molecular complexity index is 673. The Kier molecular flexibility index (Phi) is 4.85. The van der Waals surface area contributed by atoms with Crippen LogP contribution in [0.15, 0.2) is 24.3 Å². The summed E-state index contributed by atoms with van der Waals surface area (Å²) in [6.07, 6.45) is 0. The van der Waals surface area contributed by atoms with Crippen LogP contribution in [-0.4, -0.2) is 36.3 Å². The molecule has 0 unspecified atom stereocenters. The maximum absolute atomic E-state index is 12.2. The zero-order chi connectivity index (χ0) is 16.3. The summed E-state index contributed by atoms with van der Waals surface area (Å²) in [7, 11) is 3.92. The third-order valence-electron chi connectivity index (χ3n) is 3.98. The highest BCUT2D eigenvalue weighted by Crippen LogP contribution is 2.13. The van der Waals surface area contributed by atoms with Gasteiger partial charge in [-0.25, -0.2) is 0 Å². The zero-order valence-corrected chi connectivity index (χ0v) is 14.0. The summed E-state index contributed by atoms with van der Waals surface area (Å²) in [4.78, 5) is 14.2. The molecule has 2 rings (SSSR count). The van der Waals surface area contributed by atoms with E-state index < -0.39 is 0 Å². The van der Waals surface area contributed by atoms with Crippen LogP contribution in [-0.2, 0) is 6.54 Å². The first-order chi connectivity index (χ1) is 10.4. The molecular weight excluding hydrogens is 276 g/mol. The molecule has 22 heavy (non-hydrogen) atoms. The summed E-state index contributed by atoms with van der Waals surface area (Å²) >= 11 is 0. The van der Waals surface area contributed by atoms with Gasteiger partial charge in [-0.05, 0) is 44.5 Å². The van der Waals surface area contributed by atoms with Crippen LogP contribution < -0.4 is 10.2 Å². The molecule has 1 heterocycles. The highest BCUT2D eigenvalue weighted by molar-refractivity contribution is 5.95. The topological polar surface area (TPSA) is 50.2 Å². The van der Waals surface area contributed by atoms with Gasteiger partial charge in [-0.2, -0.15) is 5.10 Å². The van der Waals surface area contributed by atoms with Crippen LogP contribution >= 0.6 is 0 Å². The van der Waals surface area contributed by atoms with Gasteiger partial charge in [0.15, 0.2) is 0 Å². The highest BCUT2D eigenvalue weighted by atomic mass is 16.1. The molecule has 0 atom stereocenters. The number of nitrogens with zero attached hydrogens (tertiary/aromatic N) is 3. The molecular formula is C17H24N4O. The van der Waals surface area contributed by atoms with Crippen molar-refractivity contribution in [2.75, 3.05) is 25.5 Å². The van der Waals surface area contributed by atoms with Gasteiger partial charge < -0.3 is 10.2 Å². The van der Waals surface area contributed by atoms with Crippen LogP contribution in [0.25, 0.3) is 0 Å². The van der Waals surface area contributed by atoms with Crippen molar-refractivity contribution in [1.29, 1.82) is 0 Å². The lowest BCUT2D eigenvalue weighted by molar-refractivity contribution is 0.0952. The molecule has 0 aliphatic carbocycles. The van der Waals surface area contributed by atoms with Gasteiger partial charge in [0.1, 0.15) is 0 Å². The quantitative estimate of drug-likeness (QED) is 0.922. The molecule has 1 aromatic carbocycles. The fraction of sp³-hybridized carbons (Fsp3) is 0.412. The number of amides is 1. The number of rotatable bonds is 5. The van der Waals surface area contributed by atoms with Gasteiger partial charge in [-0.15, -0.1) is 0 Å². The highest BCUT2D eigenvalue weighted by Gasteiger charge is 2.09. The van der Waals surface area contributed by atoms with E-state index in [0.29, 0.717) is 18.7 Å².